The fraction of sp³-hybridized carbons (Fsp3) is 0.360. The molecular weight excluding hydrogens is 506 g/mol. The fourth-order valence-electron chi connectivity index (χ4n) is 4.54. The second kappa shape index (κ2) is 10.4. The van der Waals surface area contributed by atoms with Gasteiger partial charge in [-0.15, -0.1) is 0 Å². The number of likely N-dealkylation sites (tertiary alicyclic amines) is 1. The van der Waals surface area contributed by atoms with Gasteiger partial charge < -0.3 is 24.6 Å². The van der Waals surface area contributed by atoms with Crippen molar-refractivity contribution in [2.75, 3.05) is 25.5 Å². The number of benzene rings is 1. The molecule has 0 bridgehead atoms. The van der Waals surface area contributed by atoms with Crippen molar-refractivity contribution in [2.24, 2.45) is 0 Å². The van der Waals surface area contributed by atoms with Crippen LogP contribution in [-0.2, 0) is 13.1 Å². The molecule has 4 heterocycles. The van der Waals surface area contributed by atoms with Crippen LogP contribution < -0.4 is 10.6 Å². The zero-order chi connectivity index (χ0) is 26.9. The number of anilines is 1. The molecule has 1 aliphatic rings. The molecule has 0 radical (unpaired) electrons. The summed E-state index contributed by atoms with van der Waals surface area (Å²) in [6.07, 6.45) is -3.61. The Balaban J connectivity index is 1.44. The van der Waals surface area contributed by atoms with Gasteiger partial charge in [-0.05, 0) is 43.8 Å². The van der Waals surface area contributed by atoms with Crippen LogP contribution in [0.1, 0.15) is 22.8 Å². The Labute approximate surface area is 214 Å². The Kier molecular flexibility index (Phi) is 7.02. The van der Waals surface area contributed by atoms with Crippen molar-refractivity contribution in [3.63, 3.8) is 0 Å². The van der Waals surface area contributed by atoms with Crippen LogP contribution >= 0.6 is 0 Å². The fourth-order valence-corrected chi connectivity index (χ4v) is 4.54. The summed E-state index contributed by atoms with van der Waals surface area (Å²) in [5.41, 5.74) is 1.09. The summed E-state index contributed by atoms with van der Waals surface area (Å²) < 4.78 is 61.6. The van der Waals surface area contributed by atoms with Gasteiger partial charge in [0.2, 0.25) is 11.7 Å². The van der Waals surface area contributed by atoms with Gasteiger partial charge >= 0.3 is 6.18 Å². The molecule has 0 spiro atoms. The maximum Gasteiger partial charge on any atom is 0.406 e. The Morgan fingerprint density at radius 2 is 2.05 bits per heavy atom. The number of hydrogen-bond acceptors (Lipinski definition) is 7. The van der Waals surface area contributed by atoms with Gasteiger partial charge in [-0.3, -0.25) is 9.78 Å². The lowest BCUT2D eigenvalue weighted by atomic mass is 10.0. The molecule has 0 unspecified atom stereocenters. The number of hydrogen-bond donors (Lipinski definition) is 2. The molecule has 1 saturated heterocycles. The molecule has 5 rings (SSSR count). The van der Waals surface area contributed by atoms with Crippen LogP contribution in [-0.4, -0.2) is 69.0 Å². The summed E-state index contributed by atoms with van der Waals surface area (Å²) in [7, 11) is 1.84. The highest BCUT2D eigenvalue weighted by atomic mass is 19.4. The van der Waals surface area contributed by atoms with Crippen LogP contribution in [0.25, 0.3) is 22.4 Å². The van der Waals surface area contributed by atoms with E-state index in [0.29, 0.717) is 29.6 Å². The van der Waals surface area contributed by atoms with Crippen molar-refractivity contribution in [3.05, 3.63) is 60.2 Å². The largest absolute Gasteiger partial charge is 0.406 e. The number of fused-ring (bicyclic) bond motifs is 1. The molecule has 38 heavy (non-hydrogen) atoms. The first-order valence-corrected chi connectivity index (χ1v) is 12.0. The Hall–Kier alpha value is -4.00. The van der Waals surface area contributed by atoms with Crippen molar-refractivity contribution in [3.8, 4) is 11.5 Å². The van der Waals surface area contributed by atoms with Gasteiger partial charge in [-0.2, -0.15) is 18.2 Å². The predicted molar refractivity (Wildman–Crippen MR) is 131 cm³/mol. The van der Waals surface area contributed by atoms with Crippen molar-refractivity contribution in [1.82, 2.24) is 29.9 Å². The van der Waals surface area contributed by atoms with E-state index in [9.17, 15) is 22.4 Å². The summed E-state index contributed by atoms with van der Waals surface area (Å²) in [6, 6.07) is 10.8. The lowest BCUT2D eigenvalue weighted by Gasteiger charge is -2.33. The molecule has 200 valence electrons. The molecule has 13 heteroatoms. The van der Waals surface area contributed by atoms with Gasteiger partial charge in [0.25, 0.3) is 5.91 Å². The standard InChI is InChI=1S/C25H25F4N7O2/c1-35-10-8-18(16(26)13-35)32-17-6-4-7-20-15(17)11-21(36(20)14-25(27,28)29)23-33-22(38-34-23)12-31-24(37)19-5-2-3-9-30-19/h2-7,9,11,16,18,32H,8,10,12-14H2,1H3,(H,31,37)/t16-,18+/m0/s1. The molecule has 2 atom stereocenters. The number of nitrogens with zero attached hydrogens (tertiary/aromatic N) is 5. The summed E-state index contributed by atoms with van der Waals surface area (Å²) in [4.78, 5) is 22.3. The Morgan fingerprint density at radius 1 is 1.21 bits per heavy atom. The van der Waals surface area contributed by atoms with Crippen LogP contribution in [0.4, 0.5) is 23.2 Å². The first kappa shape index (κ1) is 25.6. The van der Waals surface area contributed by atoms with E-state index in [4.69, 9.17) is 4.52 Å². The van der Waals surface area contributed by atoms with E-state index in [1.807, 2.05) is 11.9 Å². The molecule has 1 amide bonds. The quantitative estimate of drug-likeness (QED) is 0.347. The van der Waals surface area contributed by atoms with Gasteiger partial charge in [-0.1, -0.05) is 17.3 Å². The zero-order valence-electron chi connectivity index (χ0n) is 20.4. The molecular formula is C25H25F4N7O2. The topological polar surface area (TPSA) is 101 Å². The van der Waals surface area contributed by atoms with Crippen LogP contribution in [0, 0.1) is 0 Å². The maximum absolute atomic E-state index is 14.7. The zero-order valence-corrected chi connectivity index (χ0v) is 20.4. The minimum absolute atomic E-state index is 0.0121. The third kappa shape index (κ3) is 5.62. The highest BCUT2D eigenvalue weighted by Gasteiger charge is 2.32. The minimum Gasteiger partial charge on any atom is -0.379 e. The molecule has 0 aliphatic carbocycles. The maximum atomic E-state index is 14.7. The van der Waals surface area contributed by atoms with Crippen LogP contribution in [0.2, 0.25) is 0 Å². The molecule has 0 saturated carbocycles. The Morgan fingerprint density at radius 3 is 2.79 bits per heavy atom. The molecule has 2 N–H and O–H groups in total. The number of aromatic nitrogens is 4. The number of pyridine rings is 1. The minimum atomic E-state index is -4.52. The third-order valence-corrected chi connectivity index (χ3v) is 6.36. The van der Waals surface area contributed by atoms with Crippen LogP contribution in [0.3, 0.4) is 0 Å². The summed E-state index contributed by atoms with van der Waals surface area (Å²) in [5.74, 6) is -0.522. The van der Waals surface area contributed by atoms with Crippen molar-refractivity contribution in [2.45, 2.75) is 37.9 Å². The van der Waals surface area contributed by atoms with Crippen molar-refractivity contribution < 1.29 is 26.9 Å². The lowest BCUT2D eigenvalue weighted by Crippen LogP contribution is -2.46. The molecule has 1 aromatic carbocycles. The molecule has 3 aromatic heterocycles. The second-order valence-electron chi connectivity index (χ2n) is 9.20. The van der Waals surface area contributed by atoms with Crippen LogP contribution in [0.15, 0.2) is 53.2 Å². The van der Waals surface area contributed by atoms with E-state index < -0.39 is 30.8 Å². The highest BCUT2D eigenvalue weighted by molar-refractivity contribution is 5.96. The number of carbonyl (C=O) groups excluding carboxylic acids is 1. The first-order valence-electron chi connectivity index (χ1n) is 12.0. The van der Waals surface area contributed by atoms with E-state index >= 15 is 0 Å². The predicted octanol–water partition coefficient (Wildman–Crippen LogP) is 4.03. The van der Waals surface area contributed by atoms with Crippen LogP contribution in [0.5, 0.6) is 0 Å². The number of halogens is 4. The second-order valence-corrected chi connectivity index (χ2v) is 9.20. The number of carbonyl (C=O) groups is 1. The summed E-state index contributed by atoms with van der Waals surface area (Å²) >= 11 is 0. The number of rotatable bonds is 7. The average molecular weight is 532 g/mol. The van der Waals surface area contributed by atoms with Gasteiger partial charge in [0, 0.05) is 30.4 Å². The molecule has 1 aliphatic heterocycles. The SMILES string of the molecule is CN1CC[C@@H](Nc2cccc3c2cc(-c2noc(CNC(=O)c4ccccn4)n2)n3CC(F)(F)F)[C@@H](F)C1. The van der Waals surface area contributed by atoms with Gasteiger partial charge in [0.05, 0.1) is 23.8 Å². The molecule has 1 fully saturated rings. The van der Waals surface area contributed by atoms with E-state index in [1.165, 1.54) is 18.3 Å². The number of nitrogens with one attached hydrogen (secondary N) is 2. The van der Waals surface area contributed by atoms with Gasteiger partial charge in [-0.25, -0.2) is 4.39 Å². The van der Waals surface area contributed by atoms with E-state index in [1.54, 1.807) is 30.3 Å². The number of alkyl halides is 4. The van der Waals surface area contributed by atoms with Gasteiger partial charge in [0.15, 0.2) is 0 Å². The normalized spacial score (nSPS) is 18.6. The van der Waals surface area contributed by atoms with E-state index in [-0.39, 0.29) is 36.2 Å². The monoisotopic (exact) mass is 531 g/mol. The molecule has 4 aromatic rings. The Bertz CT molecular complexity index is 1420. The van der Waals surface area contributed by atoms with Crippen molar-refractivity contribution in [1.29, 1.82) is 0 Å². The highest BCUT2D eigenvalue weighted by Crippen LogP contribution is 2.35. The number of amides is 1. The van der Waals surface area contributed by atoms with Crippen molar-refractivity contribution >= 4 is 22.5 Å². The average Bonchev–Trinajstić information content (AvgIpc) is 3.49. The smallest absolute Gasteiger partial charge is 0.379 e. The lowest BCUT2D eigenvalue weighted by molar-refractivity contribution is -0.139. The van der Waals surface area contributed by atoms with E-state index in [0.717, 1.165) is 4.57 Å². The van der Waals surface area contributed by atoms with Gasteiger partial charge in [0.1, 0.15) is 18.4 Å². The third-order valence-electron chi connectivity index (χ3n) is 6.36. The summed E-state index contributed by atoms with van der Waals surface area (Å²) in [6.45, 7) is -0.439. The van der Waals surface area contributed by atoms with E-state index in [2.05, 4.69) is 25.8 Å². The summed E-state index contributed by atoms with van der Waals surface area (Å²) in [5, 5.41) is 10.1. The molecule has 9 nitrogen and oxygen atoms in total. The number of piperidine rings is 1. The first-order chi connectivity index (χ1) is 18.2.